The van der Waals surface area contributed by atoms with Crippen LogP contribution in [-0.4, -0.2) is 4.57 Å². The second-order valence-electron chi connectivity index (χ2n) is 15.6. The predicted octanol–water partition coefficient (Wildman–Crippen LogP) is 15.0. The van der Waals surface area contributed by atoms with Gasteiger partial charge in [0.2, 0.25) is 0 Å². The summed E-state index contributed by atoms with van der Waals surface area (Å²) in [5, 5.41) is 5.14. The van der Waals surface area contributed by atoms with Crippen LogP contribution in [0.3, 0.4) is 0 Å². The predicted molar refractivity (Wildman–Crippen MR) is 245 cm³/mol. The normalized spacial score (nSPS) is 13.6. The highest BCUT2D eigenvalue weighted by molar-refractivity contribution is 7.25. The van der Waals surface area contributed by atoms with Gasteiger partial charge >= 0.3 is 0 Å². The Hall–Kier alpha value is -7.20. The molecule has 1 spiro atoms. The van der Waals surface area contributed by atoms with Gasteiger partial charge in [0, 0.05) is 42.3 Å². The fourth-order valence-electron chi connectivity index (χ4n) is 10.4. The number of hydrogen-bond acceptors (Lipinski definition) is 2. The van der Waals surface area contributed by atoms with E-state index >= 15 is 0 Å². The summed E-state index contributed by atoms with van der Waals surface area (Å²) in [5.74, 6) is 0. The van der Waals surface area contributed by atoms with Gasteiger partial charge in [0.1, 0.15) is 0 Å². The van der Waals surface area contributed by atoms with Crippen LogP contribution < -0.4 is 4.90 Å². The Morgan fingerprint density at radius 2 is 0.948 bits per heavy atom. The molecule has 2 nitrogen and oxygen atoms in total. The Labute approximate surface area is 340 Å². The van der Waals surface area contributed by atoms with Gasteiger partial charge in [0.15, 0.2) is 0 Å². The van der Waals surface area contributed by atoms with E-state index in [2.05, 4.69) is 216 Å². The van der Waals surface area contributed by atoms with Crippen molar-refractivity contribution in [2.45, 2.75) is 5.41 Å². The molecule has 0 amide bonds. The molecule has 0 saturated carbocycles. The molecule has 0 saturated heterocycles. The molecular formula is C55H34N2S. The molecule has 9 aromatic carbocycles. The molecule has 3 heterocycles. The van der Waals surface area contributed by atoms with Gasteiger partial charge in [-0.3, -0.25) is 0 Å². The third kappa shape index (κ3) is 4.21. The van der Waals surface area contributed by atoms with Crippen LogP contribution in [0.5, 0.6) is 0 Å². The first-order valence-corrected chi connectivity index (χ1v) is 20.8. The molecule has 1 aliphatic carbocycles. The molecule has 0 radical (unpaired) electrons. The van der Waals surface area contributed by atoms with E-state index in [9.17, 15) is 0 Å². The van der Waals surface area contributed by atoms with Crippen molar-refractivity contribution in [1.29, 1.82) is 0 Å². The van der Waals surface area contributed by atoms with Gasteiger partial charge < -0.3 is 9.47 Å². The number of aromatic nitrogens is 1. The minimum atomic E-state index is -0.513. The molecule has 11 aromatic rings. The van der Waals surface area contributed by atoms with Crippen LogP contribution in [0.25, 0.3) is 69.9 Å². The number of hydrogen-bond donors (Lipinski definition) is 0. The van der Waals surface area contributed by atoms with Crippen molar-refractivity contribution < 1.29 is 0 Å². The van der Waals surface area contributed by atoms with Gasteiger partial charge in [-0.15, -0.1) is 11.3 Å². The lowest BCUT2D eigenvalue weighted by Gasteiger charge is -2.45. The molecule has 270 valence electrons. The van der Waals surface area contributed by atoms with E-state index in [0.29, 0.717) is 0 Å². The molecule has 13 rings (SSSR count). The number of rotatable bonds is 3. The van der Waals surface area contributed by atoms with Crippen molar-refractivity contribution in [3.05, 3.63) is 229 Å². The maximum Gasteiger partial charge on any atom is 0.0754 e. The van der Waals surface area contributed by atoms with Gasteiger partial charge in [0.25, 0.3) is 0 Å². The highest BCUT2D eigenvalue weighted by atomic mass is 32.1. The Kier molecular flexibility index (Phi) is 6.56. The summed E-state index contributed by atoms with van der Waals surface area (Å²) in [6, 6.07) is 76.9. The molecule has 3 heteroatoms. The van der Waals surface area contributed by atoms with Crippen LogP contribution in [0.15, 0.2) is 206 Å². The average Bonchev–Trinajstić information content (AvgIpc) is 3.93. The van der Waals surface area contributed by atoms with E-state index in [1.54, 1.807) is 0 Å². The number of nitrogens with zero attached hydrogens (tertiary/aromatic N) is 2. The van der Waals surface area contributed by atoms with Crippen LogP contribution in [0.1, 0.15) is 22.3 Å². The second-order valence-corrected chi connectivity index (χ2v) is 16.7. The smallest absolute Gasteiger partial charge is 0.0754 e. The third-order valence-corrected chi connectivity index (χ3v) is 13.9. The van der Waals surface area contributed by atoms with E-state index in [0.717, 1.165) is 0 Å². The fourth-order valence-corrected chi connectivity index (χ4v) is 11.6. The molecule has 0 bridgehead atoms. The highest BCUT2D eigenvalue weighted by Gasteiger charge is 2.51. The number of thiophene rings is 1. The molecule has 58 heavy (non-hydrogen) atoms. The zero-order valence-electron chi connectivity index (χ0n) is 31.4. The van der Waals surface area contributed by atoms with E-state index in [4.69, 9.17) is 0 Å². The molecule has 2 aromatic heterocycles. The molecule has 0 N–H and O–H groups in total. The molecule has 1 aliphatic heterocycles. The molecule has 0 fully saturated rings. The Morgan fingerprint density at radius 3 is 1.78 bits per heavy atom. The van der Waals surface area contributed by atoms with Crippen molar-refractivity contribution >= 4 is 70.4 Å². The largest absolute Gasteiger partial charge is 0.310 e. The summed E-state index contributed by atoms with van der Waals surface area (Å²) in [7, 11) is 0. The minimum absolute atomic E-state index is 0.513. The van der Waals surface area contributed by atoms with Crippen molar-refractivity contribution in [3.63, 3.8) is 0 Å². The zero-order chi connectivity index (χ0) is 38.0. The Bertz CT molecular complexity index is 3430. The quantitative estimate of drug-likeness (QED) is 0.174. The lowest BCUT2D eigenvalue weighted by atomic mass is 9.64. The van der Waals surface area contributed by atoms with Crippen LogP contribution in [-0.2, 0) is 5.41 Å². The second kappa shape index (κ2) is 11.9. The maximum absolute atomic E-state index is 2.52. The Morgan fingerprint density at radius 1 is 0.345 bits per heavy atom. The van der Waals surface area contributed by atoms with Gasteiger partial charge in [-0.2, -0.15) is 0 Å². The van der Waals surface area contributed by atoms with Crippen molar-refractivity contribution in [2.24, 2.45) is 0 Å². The lowest BCUT2D eigenvalue weighted by Crippen LogP contribution is -2.36. The third-order valence-electron chi connectivity index (χ3n) is 12.8. The summed E-state index contributed by atoms with van der Waals surface area (Å²) < 4.78 is 5.01. The summed E-state index contributed by atoms with van der Waals surface area (Å²) in [4.78, 5) is 2.52. The van der Waals surface area contributed by atoms with Gasteiger partial charge in [0.05, 0.1) is 27.8 Å². The zero-order valence-corrected chi connectivity index (χ0v) is 32.2. The summed E-state index contributed by atoms with van der Waals surface area (Å²) in [6.07, 6.45) is 0. The molecule has 0 unspecified atom stereocenters. The Balaban J connectivity index is 1.09. The number of fused-ring (bicyclic) bond motifs is 15. The van der Waals surface area contributed by atoms with Crippen molar-refractivity contribution in [1.82, 2.24) is 4.57 Å². The lowest BCUT2D eigenvalue weighted by molar-refractivity contribution is 0.753. The van der Waals surface area contributed by atoms with Gasteiger partial charge in [-0.1, -0.05) is 140 Å². The van der Waals surface area contributed by atoms with Crippen molar-refractivity contribution in [2.75, 3.05) is 4.90 Å². The molecular weight excluding hydrogens is 721 g/mol. The van der Waals surface area contributed by atoms with Gasteiger partial charge in [-0.25, -0.2) is 0 Å². The molecule has 0 atom stereocenters. The SMILES string of the molecule is c1ccc(-n2c3ccccc3c3cc(-c4ccc5c(c4)C4(c6ccccc6-c6ccccc64)c4ccccc4N5c4ccc5c(c4)sc4ccccc45)ccc32)cc1. The van der Waals surface area contributed by atoms with E-state index in [1.807, 2.05) is 11.3 Å². The number of benzene rings is 9. The van der Waals surface area contributed by atoms with E-state index < -0.39 is 5.41 Å². The van der Waals surface area contributed by atoms with E-state index in [-0.39, 0.29) is 0 Å². The fraction of sp³-hybridized carbons (Fsp3) is 0.0182. The summed E-state index contributed by atoms with van der Waals surface area (Å²) in [6.45, 7) is 0. The molecule has 2 aliphatic rings. The first-order valence-electron chi connectivity index (χ1n) is 20.0. The van der Waals surface area contributed by atoms with Crippen LogP contribution >= 0.6 is 11.3 Å². The van der Waals surface area contributed by atoms with E-state index in [1.165, 1.54) is 109 Å². The van der Waals surface area contributed by atoms with Crippen LogP contribution in [0.4, 0.5) is 17.1 Å². The summed E-state index contributed by atoms with van der Waals surface area (Å²) in [5.41, 5.74) is 17.0. The van der Waals surface area contributed by atoms with Crippen LogP contribution in [0, 0.1) is 0 Å². The first kappa shape index (κ1) is 31.9. The van der Waals surface area contributed by atoms with Gasteiger partial charge in [-0.05, 0) is 111 Å². The van der Waals surface area contributed by atoms with Crippen LogP contribution in [0.2, 0.25) is 0 Å². The minimum Gasteiger partial charge on any atom is -0.310 e. The first-order chi connectivity index (χ1) is 28.8. The monoisotopic (exact) mass is 754 g/mol. The standard InChI is InChI=1S/C55H34N2S/c1-2-14-37(15-3-1)56-49-23-11-6-18-41(49)44-32-35(26-30-50(44)56)36-27-31-52-48(33-36)55(45-20-8-4-16-39(45)40-17-5-9-21-46(40)55)47-22-10-12-24-51(47)57(52)38-28-29-43-42-19-7-13-25-53(42)58-54(43)34-38/h1-34H. The number of anilines is 3. The maximum atomic E-state index is 2.52. The highest BCUT2D eigenvalue weighted by Crippen LogP contribution is 2.64. The summed E-state index contributed by atoms with van der Waals surface area (Å²) >= 11 is 1.88. The number of para-hydroxylation sites is 3. The topological polar surface area (TPSA) is 8.17 Å². The van der Waals surface area contributed by atoms with Crippen molar-refractivity contribution in [3.8, 4) is 27.9 Å². The average molecular weight is 755 g/mol.